The van der Waals surface area contributed by atoms with Crippen LogP contribution in [0, 0.1) is 5.92 Å². The summed E-state index contributed by atoms with van der Waals surface area (Å²) in [5, 5.41) is 10.3. The van der Waals surface area contributed by atoms with Crippen LogP contribution in [-0.2, 0) is 9.59 Å². The van der Waals surface area contributed by atoms with Crippen molar-refractivity contribution in [1.82, 2.24) is 4.90 Å². The van der Waals surface area contributed by atoms with E-state index >= 15 is 0 Å². The first kappa shape index (κ1) is 18.8. The number of Topliss-reactive ketones (excluding diaryl/α,β-unsaturated/α-hetero) is 1. The Morgan fingerprint density at radius 2 is 1.88 bits per heavy atom. The molecule has 0 aliphatic carbocycles. The van der Waals surface area contributed by atoms with Crippen molar-refractivity contribution in [3.63, 3.8) is 0 Å². The molecule has 0 saturated carbocycles. The Morgan fingerprint density at radius 3 is 2.40 bits per heavy atom. The van der Waals surface area contributed by atoms with Gasteiger partial charge in [-0.25, -0.2) is 0 Å². The molecule has 0 saturated heterocycles. The Balaban J connectivity index is 2.59. The van der Waals surface area contributed by atoms with Crippen LogP contribution in [0.2, 0.25) is 0 Å². The number of aliphatic hydroxyl groups excluding tert-OH is 1. The summed E-state index contributed by atoms with van der Waals surface area (Å²) in [6.45, 7) is 5.89. The quantitative estimate of drug-likeness (QED) is 0.820. The van der Waals surface area contributed by atoms with E-state index in [1.54, 1.807) is 39.2 Å². The number of carbonyl (C=O) groups excluding carboxylic acids is 2. The number of hydrogen-bond acceptors (Lipinski definition) is 5. The lowest BCUT2D eigenvalue weighted by molar-refractivity contribution is -0.129. The molecule has 1 atom stereocenters. The Labute approximate surface area is 148 Å². The molecule has 0 radical (unpaired) electrons. The van der Waals surface area contributed by atoms with E-state index in [2.05, 4.69) is 0 Å². The van der Waals surface area contributed by atoms with Crippen molar-refractivity contribution in [2.75, 3.05) is 20.8 Å². The van der Waals surface area contributed by atoms with E-state index in [9.17, 15) is 14.7 Å². The van der Waals surface area contributed by atoms with Gasteiger partial charge in [0.1, 0.15) is 0 Å². The minimum atomic E-state index is -0.623. The minimum absolute atomic E-state index is 0.153. The van der Waals surface area contributed by atoms with Gasteiger partial charge in [-0.1, -0.05) is 26.8 Å². The van der Waals surface area contributed by atoms with Crippen LogP contribution in [0.15, 0.2) is 29.5 Å². The summed E-state index contributed by atoms with van der Waals surface area (Å²) in [5.74, 6) is -0.454. The molecule has 0 aromatic heterocycles. The molecular formula is C19H25NO5. The molecule has 6 nitrogen and oxygen atoms in total. The molecule has 1 aromatic carbocycles. The maximum absolute atomic E-state index is 12.7. The number of aliphatic hydroxyl groups is 1. The molecule has 1 heterocycles. The number of nitrogens with zero attached hydrogens (tertiary/aromatic N) is 1. The number of methoxy groups -OCH3 is 2. The van der Waals surface area contributed by atoms with Gasteiger partial charge in [-0.05, 0) is 24.1 Å². The Bertz CT molecular complexity index is 708. The first-order chi connectivity index (χ1) is 11.9. The second-order valence-corrected chi connectivity index (χ2v) is 6.30. The lowest BCUT2D eigenvalue weighted by Crippen LogP contribution is -2.32. The average molecular weight is 347 g/mol. The lowest BCUT2D eigenvalue weighted by Gasteiger charge is -2.27. The summed E-state index contributed by atoms with van der Waals surface area (Å²) in [6.07, 6.45) is 0.714. The van der Waals surface area contributed by atoms with Crippen molar-refractivity contribution in [2.24, 2.45) is 5.92 Å². The third kappa shape index (κ3) is 3.34. The van der Waals surface area contributed by atoms with Gasteiger partial charge in [0.25, 0.3) is 5.91 Å². The van der Waals surface area contributed by atoms with Gasteiger partial charge in [0.2, 0.25) is 0 Å². The van der Waals surface area contributed by atoms with Gasteiger partial charge in [0.05, 0.1) is 25.8 Å². The smallest absolute Gasteiger partial charge is 0.290 e. The van der Waals surface area contributed by atoms with E-state index in [4.69, 9.17) is 9.47 Å². The third-order valence-electron chi connectivity index (χ3n) is 4.28. The number of benzene rings is 1. The second-order valence-electron chi connectivity index (χ2n) is 6.30. The van der Waals surface area contributed by atoms with Gasteiger partial charge < -0.3 is 19.5 Å². The van der Waals surface area contributed by atoms with Crippen molar-refractivity contribution in [1.29, 1.82) is 0 Å². The number of ether oxygens (including phenoxy) is 2. The molecule has 1 N–H and O–H groups in total. The predicted octanol–water partition coefficient (Wildman–Crippen LogP) is 3.03. The highest BCUT2D eigenvalue weighted by Gasteiger charge is 2.43. The van der Waals surface area contributed by atoms with E-state index < -0.39 is 17.7 Å². The summed E-state index contributed by atoms with van der Waals surface area (Å²) in [4.78, 5) is 26.7. The highest BCUT2D eigenvalue weighted by atomic mass is 16.5. The molecular weight excluding hydrogens is 322 g/mol. The van der Waals surface area contributed by atoms with E-state index in [1.165, 1.54) is 12.0 Å². The fourth-order valence-electron chi connectivity index (χ4n) is 3.06. The van der Waals surface area contributed by atoms with Gasteiger partial charge in [0, 0.05) is 12.5 Å². The van der Waals surface area contributed by atoms with Gasteiger partial charge >= 0.3 is 0 Å². The molecule has 25 heavy (non-hydrogen) atoms. The number of carbonyl (C=O) groups is 2. The monoisotopic (exact) mass is 347 g/mol. The van der Waals surface area contributed by atoms with E-state index in [-0.39, 0.29) is 17.3 Å². The lowest BCUT2D eigenvalue weighted by atomic mass is 9.91. The molecule has 1 aliphatic rings. The normalized spacial score (nSPS) is 17.4. The number of rotatable bonds is 7. The highest BCUT2D eigenvalue weighted by molar-refractivity contribution is 6.09. The maximum atomic E-state index is 12.7. The van der Waals surface area contributed by atoms with Gasteiger partial charge in [-0.2, -0.15) is 0 Å². The number of hydrogen-bond donors (Lipinski definition) is 1. The molecule has 2 rings (SSSR count). The van der Waals surface area contributed by atoms with Gasteiger partial charge in [0.15, 0.2) is 23.0 Å². The molecule has 136 valence electrons. The predicted molar refractivity (Wildman–Crippen MR) is 93.8 cm³/mol. The first-order valence-electron chi connectivity index (χ1n) is 8.37. The van der Waals surface area contributed by atoms with Crippen molar-refractivity contribution in [3.8, 4) is 11.5 Å². The summed E-state index contributed by atoms with van der Waals surface area (Å²) < 4.78 is 10.6. The summed E-state index contributed by atoms with van der Waals surface area (Å²) in [6, 6.07) is 4.64. The fourth-order valence-corrected chi connectivity index (χ4v) is 3.06. The zero-order valence-corrected chi connectivity index (χ0v) is 15.3. The Hall–Kier alpha value is -2.50. The molecule has 6 heteroatoms. The largest absolute Gasteiger partial charge is 0.503 e. The van der Waals surface area contributed by atoms with E-state index in [0.29, 0.717) is 30.0 Å². The van der Waals surface area contributed by atoms with Crippen LogP contribution in [0.3, 0.4) is 0 Å². The topological polar surface area (TPSA) is 76.1 Å². The van der Waals surface area contributed by atoms with Crippen LogP contribution in [0.25, 0.3) is 0 Å². The van der Waals surface area contributed by atoms with Crippen LogP contribution in [0.1, 0.15) is 38.8 Å². The zero-order valence-electron chi connectivity index (χ0n) is 15.3. The van der Waals surface area contributed by atoms with Crippen LogP contribution in [-0.4, -0.2) is 42.5 Å². The fraction of sp³-hybridized carbons (Fsp3) is 0.474. The van der Waals surface area contributed by atoms with Crippen LogP contribution >= 0.6 is 0 Å². The van der Waals surface area contributed by atoms with E-state index in [1.807, 2.05) is 6.92 Å². The molecule has 1 aromatic rings. The van der Waals surface area contributed by atoms with Crippen molar-refractivity contribution in [2.45, 2.75) is 33.2 Å². The summed E-state index contributed by atoms with van der Waals surface area (Å²) >= 11 is 0. The average Bonchev–Trinajstić information content (AvgIpc) is 2.85. The van der Waals surface area contributed by atoms with Crippen molar-refractivity contribution in [3.05, 3.63) is 35.1 Å². The standard InChI is InChI=1S/C19H25NO5/c1-6-9-20-16(12-7-8-13(24-4)14(10-12)25-5)15(17(21)11(2)3)18(22)19(20)23/h7-8,10-11,16,22H,6,9H2,1-5H3. The summed E-state index contributed by atoms with van der Waals surface area (Å²) in [5.41, 5.74) is 0.855. The van der Waals surface area contributed by atoms with Crippen LogP contribution < -0.4 is 9.47 Å². The van der Waals surface area contributed by atoms with Crippen LogP contribution in [0.4, 0.5) is 0 Å². The molecule has 1 unspecified atom stereocenters. The third-order valence-corrected chi connectivity index (χ3v) is 4.28. The molecule has 0 bridgehead atoms. The Morgan fingerprint density at radius 1 is 1.24 bits per heavy atom. The number of ketones is 1. The SMILES string of the molecule is CCCN1C(=O)C(O)=C(C(=O)C(C)C)C1c1ccc(OC)c(OC)c1. The summed E-state index contributed by atoms with van der Waals surface area (Å²) in [7, 11) is 3.07. The molecule has 1 aliphatic heterocycles. The van der Waals surface area contributed by atoms with E-state index in [0.717, 1.165) is 0 Å². The second kappa shape index (κ2) is 7.59. The zero-order chi connectivity index (χ0) is 18.7. The first-order valence-corrected chi connectivity index (χ1v) is 8.37. The van der Waals surface area contributed by atoms with Gasteiger partial charge in [-0.15, -0.1) is 0 Å². The minimum Gasteiger partial charge on any atom is -0.503 e. The molecule has 1 amide bonds. The molecule has 0 fully saturated rings. The maximum Gasteiger partial charge on any atom is 0.290 e. The number of amides is 1. The van der Waals surface area contributed by atoms with Crippen molar-refractivity contribution < 1.29 is 24.2 Å². The highest BCUT2D eigenvalue weighted by Crippen LogP contribution is 2.41. The molecule has 0 spiro atoms. The Kier molecular flexibility index (Phi) is 5.72. The van der Waals surface area contributed by atoms with Crippen molar-refractivity contribution >= 4 is 11.7 Å². The van der Waals surface area contributed by atoms with Gasteiger partial charge in [-0.3, -0.25) is 9.59 Å². The van der Waals surface area contributed by atoms with Crippen LogP contribution in [0.5, 0.6) is 11.5 Å².